The van der Waals surface area contributed by atoms with Crippen molar-refractivity contribution in [3.63, 3.8) is 0 Å². The first kappa shape index (κ1) is 11.1. The first-order valence-electron chi connectivity index (χ1n) is 7.60. The highest BCUT2D eigenvalue weighted by Gasteiger charge is 2.49. The van der Waals surface area contributed by atoms with Gasteiger partial charge in [0, 0.05) is 30.9 Å². The fourth-order valence-corrected chi connectivity index (χ4v) is 5.52. The lowest BCUT2D eigenvalue weighted by Gasteiger charge is -2.54. The molecule has 1 aromatic heterocycles. The predicted octanol–water partition coefficient (Wildman–Crippen LogP) is 3.02. The Kier molecular flexibility index (Phi) is 2.38. The van der Waals surface area contributed by atoms with E-state index in [1.165, 1.54) is 31.4 Å². The van der Waals surface area contributed by atoms with Gasteiger partial charge in [-0.15, -0.1) is 0 Å². The summed E-state index contributed by atoms with van der Waals surface area (Å²) < 4.78 is 2.38. The van der Waals surface area contributed by atoms with Crippen LogP contribution in [0.15, 0.2) is 12.1 Å². The molecule has 0 aliphatic heterocycles. The molecule has 0 aromatic carbocycles. The van der Waals surface area contributed by atoms with E-state index in [1.54, 1.807) is 12.1 Å². The molecule has 4 aliphatic carbocycles. The van der Waals surface area contributed by atoms with Crippen molar-refractivity contribution in [2.75, 3.05) is 0 Å². The molecule has 0 radical (unpaired) electrons. The second-order valence-electron chi connectivity index (χ2n) is 6.97. The van der Waals surface area contributed by atoms with Gasteiger partial charge in [0.15, 0.2) is 0 Å². The van der Waals surface area contributed by atoms with E-state index in [0.717, 1.165) is 29.6 Å². The average molecular weight is 244 g/mol. The third-order valence-corrected chi connectivity index (χ3v) is 6.04. The maximum absolute atomic E-state index is 5.82. The van der Waals surface area contributed by atoms with Gasteiger partial charge in [-0.25, -0.2) is 0 Å². The molecule has 4 fully saturated rings. The Morgan fingerprint density at radius 2 is 1.67 bits per heavy atom. The molecule has 2 nitrogen and oxygen atoms in total. The molecule has 0 saturated heterocycles. The van der Waals surface area contributed by atoms with Gasteiger partial charge in [-0.2, -0.15) is 0 Å². The van der Waals surface area contributed by atoms with Crippen molar-refractivity contribution in [2.24, 2.45) is 36.5 Å². The number of hydrogen-bond acceptors (Lipinski definition) is 1. The Morgan fingerprint density at radius 1 is 1.06 bits per heavy atom. The Bertz CT molecular complexity index is 432. The lowest BCUT2D eigenvalue weighted by molar-refractivity contribution is -0.00506. The van der Waals surface area contributed by atoms with Crippen LogP contribution in [0.5, 0.6) is 0 Å². The van der Waals surface area contributed by atoms with Crippen LogP contribution in [0.3, 0.4) is 0 Å². The molecule has 0 spiro atoms. The fourth-order valence-electron chi connectivity index (χ4n) is 5.52. The Morgan fingerprint density at radius 3 is 2.17 bits per heavy atom. The van der Waals surface area contributed by atoms with Crippen LogP contribution in [0.4, 0.5) is 0 Å². The Hall–Kier alpha value is -0.760. The molecule has 2 N–H and O–H groups in total. The topological polar surface area (TPSA) is 30.9 Å². The predicted molar refractivity (Wildman–Crippen MR) is 73.1 cm³/mol. The monoisotopic (exact) mass is 244 g/mol. The van der Waals surface area contributed by atoms with E-state index in [9.17, 15) is 0 Å². The molecule has 1 aromatic rings. The quantitative estimate of drug-likeness (QED) is 0.852. The molecule has 0 unspecified atom stereocenters. The normalized spacial score (nSPS) is 41.6. The minimum absolute atomic E-state index is 0.670. The first-order valence-corrected chi connectivity index (χ1v) is 7.60. The van der Waals surface area contributed by atoms with Crippen LogP contribution >= 0.6 is 0 Å². The SMILES string of the molecule is Cn1c(CN)ccc1C1C2CC3CC(C2)CC1C3. The van der Waals surface area contributed by atoms with Crippen LogP contribution in [-0.4, -0.2) is 4.57 Å². The lowest BCUT2D eigenvalue weighted by Crippen LogP contribution is -2.44. The molecule has 2 heteroatoms. The highest BCUT2D eigenvalue weighted by Crippen LogP contribution is 2.59. The molecule has 0 amide bonds. The number of nitrogens with zero attached hydrogens (tertiary/aromatic N) is 1. The van der Waals surface area contributed by atoms with Crippen molar-refractivity contribution in [2.45, 2.75) is 44.6 Å². The van der Waals surface area contributed by atoms with Gasteiger partial charge in [0.05, 0.1) is 0 Å². The van der Waals surface area contributed by atoms with Gasteiger partial charge < -0.3 is 10.3 Å². The molecule has 5 rings (SSSR count). The van der Waals surface area contributed by atoms with Crippen LogP contribution in [0.1, 0.15) is 49.4 Å². The van der Waals surface area contributed by atoms with Crippen LogP contribution in [0, 0.1) is 23.7 Å². The zero-order valence-corrected chi connectivity index (χ0v) is 11.3. The highest BCUT2D eigenvalue weighted by atomic mass is 15.0. The van der Waals surface area contributed by atoms with Crippen LogP contribution < -0.4 is 5.73 Å². The average Bonchev–Trinajstić information content (AvgIpc) is 2.70. The van der Waals surface area contributed by atoms with E-state index < -0.39 is 0 Å². The molecule has 0 atom stereocenters. The molecule has 1 heterocycles. The summed E-state index contributed by atoms with van der Waals surface area (Å²) in [6.07, 6.45) is 7.55. The van der Waals surface area contributed by atoms with Crippen LogP contribution in [-0.2, 0) is 13.6 Å². The van der Waals surface area contributed by atoms with Crippen molar-refractivity contribution in [1.29, 1.82) is 0 Å². The van der Waals surface area contributed by atoms with Gasteiger partial charge in [-0.05, 0) is 67.9 Å². The summed E-state index contributed by atoms with van der Waals surface area (Å²) in [4.78, 5) is 0. The third kappa shape index (κ3) is 1.45. The third-order valence-electron chi connectivity index (χ3n) is 6.04. The molecule has 98 valence electrons. The van der Waals surface area contributed by atoms with Gasteiger partial charge >= 0.3 is 0 Å². The molecule has 18 heavy (non-hydrogen) atoms. The second kappa shape index (κ2) is 3.86. The van der Waals surface area contributed by atoms with E-state index in [-0.39, 0.29) is 0 Å². The zero-order valence-electron chi connectivity index (χ0n) is 11.3. The summed E-state index contributed by atoms with van der Waals surface area (Å²) in [7, 11) is 2.21. The number of rotatable bonds is 2. The Labute approximate surface area is 110 Å². The Balaban J connectivity index is 1.70. The molecular weight excluding hydrogens is 220 g/mol. The largest absolute Gasteiger partial charge is 0.350 e. The standard InChI is InChI=1S/C16H24N2/c1-18-14(9-17)2-3-15(18)16-12-5-10-4-11(7-12)8-13(16)6-10/h2-3,10-13,16H,4-9,17H2,1H3. The minimum atomic E-state index is 0.670. The van der Waals surface area contributed by atoms with E-state index >= 15 is 0 Å². The van der Waals surface area contributed by atoms with E-state index in [4.69, 9.17) is 5.73 Å². The highest BCUT2D eigenvalue weighted by molar-refractivity contribution is 5.23. The molecular formula is C16H24N2. The maximum Gasteiger partial charge on any atom is 0.0334 e. The van der Waals surface area contributed by atoms with Crippen molar-refractivity contribution < 1.29 is 0 Å². The van der Waals surface area contributed by atoms with Crippen LogP contribution in [0.25, 0.3) is 0 Å². The smallest absolute Gasteiger partial charge is 0.0334 e. The van der Waals surface area contributed by atoms with E-state index in [2.05, 4.69) is 23.7 Å². The van der Waals surface area contributed by atoms with Crippen LogP contribution in [0.2, 0.25) is 0 Å². The number of hydrogen-bond donors (Lipinski definition) is 1. The van der Waals surface area contributed by atoms with Gasteiger partial charge in [0.1, 0.15) is 0 Å². The van der Waals surface area contributed by atoms with Gasteiger partial charge in [0.25, 0.3) is 0 Å². The van der Waals surface area contributed by atoms with Crippen molar-refractivity contribution in [3.05, 3.63) is 23.5 Å². The summed E-state index contributed by atoms with van der Waals surface area (Å²) in [6.45, 7) is 0.670. The zero-order chi connectivity index (χ0) is 12.3. The molecule has 4 bridgehead atoms. The first-order chi connectivity index (χ1) is 8.76. The van der Waals surface area contributed by atoms with Crippen molar-refractivity contribution >= 4 is 0 Å². The summed E-state index contributed by atoms with van der Waals surface area (Å²) in [5.41, 5.74) is 8.68. The summed E-state index contributed by atoms with van der Waals surface area (Å²) in [5, 5.41) is 0. The van der Waals surface area contributed by atoms with Crippen molar-refractivity contribution in [3.8, 4) is 0 Å². The van der Waals surface area contributed by atoms with E-state index in [0.29, 0.717) is 6.54 Å². The number of aromatic nitrogens is 1. The van der Waals surface area contributed by atoms with Gasteiger partial charge in [0.2, 0.25) is 0 Å². The fraction of sp³-hybridized carbons (Fsp3) is 0.750. The lowest BCUT2D eigenvalue weighted by atomic mass is 9.51. The minimum Gasteiger partial charge on any atom is -0.350 e. The molecule has 4 aliphatic rings. The van der Waals surface area contributed by atoms with Crippen molar-refractivity contribution in [1.82, 2.24) is 4.57 Å². The summed E-state index contributed by atoms with van der Waals surface area (Å²) >= 11 is 0. The number of nitrogens with two attached hydrogens (primary N) is 1. The van der Waals surface area contributed by atoms with Gasteiger partial charge in [-0.1, -0.05) is 0 Å². The summed E-state index contributed by atoms with van der Waals surface area (Å²) in [5.74, 6) is 4.92. The van der Waals surface area contributed by atoms with E-state index in [1.807, 2.05) is 0 Å². The van der Waals surface area contributed by atoms with Gasteiger partial charge in [-0.3, -0.25) is 0 Å². The second-order valence-corrected chi connectivity index (χ2v) is 6.97. The summed E-state index contributed by atoms with van der Waals surface area (Å²) in [6, 6.07) is 4.59. The maximum atomic E-state index is 5.82. The molecule has 4 saturated carbocycles.